The summed E-state index contributed by atoms with van der Waals surface area (Å²) in [5.74, 6) is -1.87. The Morgan fingerprint density at radius 3 is 2.42 bits per heavy atom. The minimum Gasteiger partial charge on any atom is -0.468 e. The van der Waals surface area contributed by atoms with Crippen molar-refractivity contribution in [3.05, 3.63) is 12.2 Å². The van der Waals surface area contributed by atoms with Crippen LogP contribution in [0.1, 0.15) is 20.8 Å². The van der Waals surface area contributed by atoms with Gasteiger partial charge < -0.3 is 9.47 Å². The van der Waals surface area contributed by atoms with E-state index in [1.165, 1.54) is 12.0 Å². The van der Waals surface area contributed by atoms with E-state index in [0.717, 1.165) is 0 Å². The quantitative estimate of drug-likeness (QED) is 0.401. The van der Waals surface area contributed by atoms with Gasteiger partial charge in [0.25, 0.3) is 0 Å². The molecule has 0 N–H and O–H groups in total. The van der Waals surface area contributed by atoms with Crippen LogP contribution in [-0.4, -0.2) is 47.5 Å². The smallest absolute Gasteiger partial charge is 0.411 e. The van der Waals surface area contributed by atoms with Crippen LogP contribution < -0.4 is 0 Å². The summed E-state index contributed by atoms with van der Waals surface area (Å²) in [4.78, 5) is 37.0. The molecule has 0 saturated carbocycles. The van der Waals surface area contributed by atoms with E-state index in [2.05, 4.69) is 4.74 Å². The molecule has 0 aromatic rings. The number of rotatable bonds is 1. The standard InChI is InChI=1S/C13H17NO5/c1-13(2,3)19-12(17)14-7-5-6-8(14)10(15)9(7)11(16)18-4/h5-9H,1-4H3/t7-,8+,9+/m0/s1. The zero-order chi connectivity index (χ0) is 14.4. The van der Waals surface area contributed by atoms with Gasteiger partial charge in [-0.25, -0.2) is 4.79 Å². The number of fused-ring (bicyclic) bond motifs is 2. The lowest BCUT2D eigenvalue weighted by Gasteiger charge is -2.27. The van der Waals surface area contributed by atoms with Crippen molar-refractivity contribution in [1.82, 2.24) is 4.90 Å². The minimum atomic E-state index is -0.937. The molecular formula is C13H17NO5. The molecule has 104 valence electrons. The Bertz CT molecular complexity index is 462. The first-order valence-corrected chi connectivity index (χ1v) is 6.07. The van der Waals surface area contributed by atoms with E-state index in [9.17, 15) is 14.4 Å². The van der Waals surface area contributed by atoms with Gasteiger partial charge in [-0.05, 0) is 20.8 Å². The van der Waals surface area contributed by atoms with Crippen LogP contribution in [-0.2, 0) is 19.1 Å². The highest BCUT2D eigenvalue weighted by atomic mass is 16.6. The van der Waals surface area contributed by atoms with Crippen molar-refractivity contribution in [2.75, 3.05) is 7.11 Å². The number of Topliss-reactive ketones (excluding diaryl/α,β-unsaturated/α-hetero) is 1. The largest absolute Gasteiger partial charge is 0.468 e. The predicted octanol–water partition coefficient (Wildman–Crippen LogP) is 0.902. The molecule has 0 aliphatic carbocycles. The third kappa shape index (κ3) is 2.22. The maximum Gasteiger partial charge on any atom is 0.411 e. The topological polar surface area (TPSA) is 72.9 Å². The Kier molecular flexibility index (Phi) is 3.12. The van der Waals surface area contributed by atoms with E-state index in [4.69, 9.17) is 4.74 Å². The average Bonchev–Trinajstić information content (AvgIpc) is 2.81. The molecular weight excluding hydrogens is 250 g/mol. The van der Waals surface area contributed by atoms with Gasteiger partial charge in [0.1, 0.15) is 17.6 Å². The molecule has 2 rings (SSSR count). The van der Waals surface area contributed by atoms with E-state index in [0.29, 0.717) is 0 Å². The van der Waals surface area contributed by atoms with E-state index >= 15 is 0 Å². The summed E-state index contributed by atoms with van der Waals surface area (Å²) in [5.41, 5.74) is -0.650. The normalized spacial score (nSPS) is 28.7. The summed E-state index contributed by atoms with van der Waals surface area (Å²) in [7, 11) is 1.23. The lowest BCUT2D eigenvalue weighted by Crippen LogP contribution is -2.42. The monoisotopic (exact) mass is 267 g/mol. The van der Waals surface area contributed by atoms with Gasteiger partial charge >= 0.3 is 12.1 Å². The van der Waals surface area contributed by atoms with Gasteiger partial charge in [0.05, 0.1) is 13.2 Å². The highest BCUT2D eigenvalue weighted by Gasteiger charge is 2.56. The summed E-state index contributed by atoms with van der Waals surface area (Å²) in [6, 6.07) is -1.32. The molecule has 2 aliphatic heterocycles. The van der Waals surface area contributed by atoms with E-state index < -0.39 is 35.7 Å². The number of carbonyl (C=O) groups excluding carboxylic acids is 3. The van der Waals surface area contributed by atoms with Crippen molar-refractivity contribution in [2.24, 2.45) is 5.92 Å². The maximum atomic E-state index is 12.1. The molecule has 1 saturated heterocycles. The fraction of sp³-hybridized carbons (Fsp3) is 0.615. The molecule has 0 spiro atoms. The van der Waals surface area contributed by atoms with Gasteiger partial charge in [0, 0.05) is 0 Å². The Morgan fingerprint density at radius 2 is 1.89 bits per heavy atom. The van der Waals surface area contributed by atoms with Gasteiger partial charge in [0.15, 0.2) is 5.78 Å². The third-order valence-electron chi connectivity index (χ3n) is 3.11. The molecule has 0 unspecified atom stereocenters. The van der Waals surface area contributed by atoms with Crippen LogP contribution in [0.5, 0.6) is 0 Å². The maximum absolute atomic E-state index is 12.1. The fourth-order valence-electron chi connectivity index (χ4n) is 2.38. The van der Waals surface area contributed by atoms with Crippen molar-refractivity contribution in [3.63, 3.8) is 0 Å². The van der Waals surface area contributed by atoms with Crippen LogP contribution in [0.15, 0.2) is 12.2 Å². The minimum absolute atomic E-state index is 0.315. The summed E-state index contributed by atoms with van der Waals surface area (Å²) >= 11 is 0. The van der Waals surface area contributed by atoms with Crippen LogP contribution in [0.2, 0.25) is 0 Å². The van der Waals surface area contributed by atoms with Crippen LogP contribution in [0.3, 0.4) is 0 Å². The van der Waals surface area contributed by atoms with E-state index in [1.54, 1.807) is 32.9 Å². The number of hydrogen-bond donors (Lipinski definition) is 0. The van der Waals surface area contributed by atoms with Crippen LogP contribution in [0.4, 0.5) is 4.79 Å². The summed E-state index contributed by atoms with van der Waals surface area (Å²) in [5, 5.41) is 0. The first-order valence-electron chi connectivity index (χ1n) is 6.07. The van der Waals surface area contributed by atoms with Crippen molar-refractivity contribution >= 4 is 17.8 Å². The lowest BCUT2D eigenvalue weighted by atomic mass is 9.93. The zero-order valence-corrected chi connectivity index (χ0v) is 11.4. The summed E-state index contributed by atoms with van der Waals surface area (Å²) in [6.07, 6.45) is 2.71. The Morgan fingerprint density at radius 1 is 1.26 bits per heavy atom. The Labute approximate surface area is 111 Å². The summed E-state index contributed by atoms with van der Waals surface area (Å²) in [6.45, 7) is 5.24. The molecule has 19 heavy (non-hydrogen) atoms. The van der Waals surface area contributed by atoms with Crippen LogP contribution in [0, 0.1) is 5.92 Å². The molecule has 0 aromatic heterocycles. The Hall–Kier alpha value is -1.85. The SMILES string of the molecule is COC(=O)[C@H]1C(=O)[C@H]2C=C[C@@H]1N2C(=O)OC(C)(C)C. The van der Waals surface area contributed by atoms with Gasteiger partial charge in [-0.1, -0.05) is 12.2 Å². The predicted molar refractivity (Wildman–Crippen MR) is 65.3 cm³/mol. The van der Waals surface area contributed by atoms with Gasteiger partial charge in [-0.3, -0.25) is 14.5 Å². The van der Waals surface area contributed by atoms with E-state index in [-0.39, 0.29) is 5.78 Å². The number of nitrogens with zero attached hydrogens (tertiary/aromatic N) is 1. The molecule has 0 aromatic carbocycles. The number of methoxy groups -OCH3 is 1. The molecule has 2 aliphatic rings. The van der Waals surface area contributed by atoms with Crippen molar-refractivity contribution in [1.29, 1.82) is 0 Å². The molecule has 1 fully saturated rings. The Balaban J connectivity index is 2.20. The molecule has 3 atom stereocenters. The third-order valence-corrected chi connectivity index (χ3v) is 3.11. The number of hydrogen-bond acceptors (Lipinski definition) is 5. The highest BCUT2D eigenvalue weighted by molar-refractivity contribution is 6.08. The second kappa shape index (κ2) is 4.36. The highest BCUT2D eigenvalue weighted by Crippen LogP contribution is 2.35. The lowest BCUT2D eigenvalue weighted by molar-refractivity contribution is -0.148. The van der Waals surface area contributed by atoms with Crippen molar-refractivity contribution < 1.29 is 23.9 Å². The number of ketones is 1. The molecule has 6 heteroatoms. The number of carbonyl (C=O) groups is 3. The average molecular weight is 267 g/mol. The van der Waals surface area contributed by atoms with Crippen LogP contribution >= 0.6 is 0 Å². The zero-order valence-electron chi connectivity index (χ0n) is 11.4. The van der Waals surface area contributed by atoms with Crippen LogP contribution in [0.25, 0.3) is 0 Å². The first-order chi connectivity index (χ1) is 8.76. The molecule has 0 radical (unpaired) electrons. The number of ether oxygens (including phenoxy) is 2. The van der Waals surface area contributed by atoms with E-state index in [1.807, 2.05) is 0 Å². The second-order valence-electron chi connectivity index (χ2n) is 5.61. The summed E-state index contributed by atoms with van der Waals surface area (Å²) < 4.78 is 9.87. The first kappa shape index (κ1) is 13.6. The van der Waals surface area contributed by atoms with Crippen molar-refractivity contribution in [2.45, 2.75) is 38.5 Å². The molecule has 2 bridgehead atoms. The van der Waals surface area contributed by atoms with Crippen molar-refractivity contribution in [3.8, 4) is 0 Å². The number of amides is 1. The molecule has 1 amide bonds. The van der Waals surface area contributed by atoms with Gasteiger partial charge in [0.2, 0.25) is 0 Å². The number of esters is 1. The van der Waals surface area contributed by atoms with Gasteiger partial charge in [-0.2, -0.15) is 0 Å². The molecule has 6 nitrogen and oxygen atoms in total. The fourth-order valence-corrected chi connectivity index (χ4v) is 2.38. The second-order valence-corrected chi connectivity index (χ2v) is 5.61. The molecule has 2 heterocycles. The van der Waals surface area contributed by atoms with Gasteiger partial charge in [-0.15, -0.1) is 0 Å².